The SMILES string of the molecule is CCC(O)(CC)CNCCC(C)c1ccccc1. The number of benzene rings is 1. The fraction of sp³-hybridized carbons (Fsp3) is 0.625. The highest BCUT2D eigenvalue weighted by molar-refractivity contribution is 5.18. The van der Waals surface area contributed by atoms with E-state index in [-0.39, 0.29) is 0 Å². The predicted octanol–water partition coefficient (Wildman–Crippen LogP) is 3.32. The average Bonchev–Trinajstić information content (AvgIpc) is 2.44. The van der Waals surface area contributed by atoms with E-state index in [0.29, 0.717) is 12.5 Å². The molecule has 0 spiro atoms. The largest absolute Gasteiger partial charge is 0.389 e. The van der Waals surface area contributed by atoms with Gasteiger partial charge in [-0.1, -0.05) is 51.1 Å². The van der Waals surface area contributed by atoms with Gasteiger partial charge in [0.1, 0.15) is 0 Å². The highest BCUT2D eigenvalue weighted by Crippen LogP contribution is 2.18. The Labute approximate surface area is 111 Å². The van der Waals surface area contributed by atoms with Gasteiger partial charge < -0.3 is 10.4 Å². The first-order valence-electron chi connectivity index (χ1n) is 7.09. The maximum Gasteiger partial charge on any atom is 0.0766 e. The van der Waals surface area contributed by atoms with Gasteiger partial charge >= 0.3 is 0 Å². The molecule has 0 saturated carbocycles. The summed E-state index contributed by atoms with van der Waals surface area (Å²) in [4.78, 5) is 0. The summed E-state index contributed by atoms with van der Waals surface area (Å²) in [7, 11) is 0. The van der Waals surface area contributed by atoms with E-state index in [1.165, 1.54) is 5.56 Å². The second kappa shape index (κ2) is 7.55. The summed E-state index contributed by atoms with van der Waals surface area (Å²) in [5, 5.41) is 13.5. The zero-order chi connectivity index (χ0) is 13.4. The summed E-state index contributed by atoms with van der Waals surface area (Å²) in [6.45, 7) is 7.98. The molecule has 0 radical (unpaired) electrons. The van der Waals surface area contributed by atoms with Gasteiger partial charge in [-0.15, -0.1) is 0 Å². The fourth-order valence-corrected chi connectivity index (χ4v) is 2.09. The van der Waals surface area contributed by atoms with E-state index in [2.05, 4.69) is 42.6 Å². The van der Waals surface area contributed by atoms with Gasteiger partial charge in [0.2, 0.25) is 0 Å². The van der Waals surface area contributed by atoms with Crippen LogP contribution in [0.3, 0.4) is 0 Å². The van der Waals surface area contributed by atoms with Crippen molar-refractivity contribution in [3.05, 3.63) is 35.9 Å². The molecule has 1 unspecified atom stereocenters. The molecule has 0 fully saturated rings. The topological polar surface area (TPSA) is 32.3 Å². The van der Waals surface area contributed by atoms with Crippen molar-refractivity contribution < 1.29 is 5.11 Å². The smallest absolute Gasteiger partial charge is 0.0766 e. The van der Waals surface area contributed by atoms with Gasteiger partial charge in [-0.25, -0.2) is 0 Å². The number of aliphatic hydroxyl groups is 1. The van der Waals surface area contributed by atoms with Gasteiger partial charge in [0.15, 0.2) is 0 Å². The molecule has 0 aliphatic heterocycles. The molecule has 2 nitrogen and oxygen atoms in total. The van der Waals surface area contributed by atoms with Crippen molar-refractivity contribution in [2.45, 2.75) is 51.6 Å². The van der Waals surface area contributed by atoms with Crippen LogP contribution in [0.15, 0.2) is 30.3 Å². The van der Waals surface area contributed by atoms with Crippen LogP contribution < -0.4 is 5.32 Å². The van der Waals surface area contributed by atoms with Crippen LogP contribution in [0.2, 0.25) is 0 Å². The molecule has 1 aromatic rings. The summed E-state index contributed by atoms with van der Waals surface area (Å²) in [6.07, 6.45) is 2.73. The molecule has 0 aliphatic rings. The van der Waals surface area contributed by atoms with Crippen molar-refractivity contribution in [3.8, 4) is 0 Å². The molecule has 0 saturated heterocycles. The maximum atomic E-state index is 10.1. The van der Waals surface area contributed by atoms with Crippen LogP contribution in [-0.2, 0) is 0 Å². The van der Waals surface area contributed by atoms with Crippen molar-refractivity contribution in [1.82, 2.24) is 5.32 Å². The Morgan fingerprint density at radius 2 is 1.78 bits per heavy atom. The lowest BCUT2D eigenvalue weighted by molar-refractivity contribution is 0.0326. The molecule has 2 heteroatoms. The van der Waals surface area contributed by atoms with E-state index in [4.69, 9.17) is 0 Å². The third-order valence-electron chi connectivity index (χ3n) is 3.89. The normalized spacial score (nSPS) is 13.6. The van der Waals surface area contributed by atoms with Crippen LogP contribution in [0.1, 0.15) is 51.5 Å². The molecule has 1 atom stereocenters. The van der Waals surface area contributed by atoms with Crippen LogP contribution in [-0.4, -0.2) is 23.8 Å². The van der Waals surface area contributed by atoms with Crippen LogP contribution in [0.5, 0.6) is 0 Å². The zero-order valence-electron chi connectivity index (χ0n) is 11.9. The molecular weight excluding hydrogens is 222 g/mol. The van der Waals surface area contributed by atoms with Crippen molar-refractivity contribution in [2.24, 2.45) is 0 Å². The van der Waals surface area contributed by atoms with Crippen molar-refractivity contribution in [2.75, 3.05) is 13.1 Å². The van der Waals surface area contributed by atoms with Crippen LogP contribution in [0.25, 0.3) is 0 Å². The third-order valence-corrected chi connectivity index (χ3v) is 3.89. The Morgan fingerprint density at radius 1 is 1.17 bits per heavy atom. The Kier molecular flexibility index (Phi) is 6.37. The fourth-order valence-electron chi connectivity index (χ4n) is 2.09. The summed E-state index contributed by atoms with van der Waals surface area (Å²) >= 11 is 0. The highest BCUT2D eigenvalue weighted by atomic mass is 16.3. The molecule has 1 rings (SSSR count). The monoisotopic (exact) mass is 249 g/mol. The Bertz CT molecular complexity index is 319. The molecule has 0 aliphatic carbocycles. The lowest BCUT2D eigenvalue weighted by Gasteiger charge is -2.25. The molecule has 0 amide bonds. The van der Waals surface area contributed by atoms with Gasteiger partial charge in [0, 0.05) is 6.54 Å². The molecule has 1 aromatic carbocycles. The molecule has 18 heavy (non-hydrogen) atoms. The summed E-state index contributed by atoms with van der Waals surface area (Å²) < 4.78 is 0. The quantitative estimate of drug-likeness (QED) is 0.693. The lowest BCUT2D eigenvalue weighted by atomic mass is 9.96. The Balaban J connectivity index is 2.26. The maximum absolute atomic E-state index is 10.1. The van der Waals surface area contributed by atoms with E-state index in [0.717, 1.165) is 25.8 Å². The second-order valence-electron chi connectivity index (χ2n) is 5.21. The average molecular weight is 249 g/mol. The van der Waals surface area contributed by atoms with E-state index >= 15 is 0 Å². The summed E-state index contributed by atoms with van der Waals surface area (Å²) in [5.41, 5.74) is 0.858. The molecule has 102 valence electrons. The van der Waals surface area contributed by atoms with Crippen molar-refractivity contribution >= 4 is 0 Å². The molecular formula is C16H27NO. The minimum Gasteiger partial charge on any atom is -0.389 e. The number of hydrogen-bond donors (Lipinski definition) is 2. The zero-order valence-corrected chi connectivity index (χ0v) is 11.9. The third kappa shape index (κ3) is 4.79. The molecule has 0 heterocycles. The van der Waals surface area contributed by atoms with Gasteiger partial charge in [0.05, 0.1) is 5.60 Å². The van der Waals surface area contributed by atoms with Gasteiger partial charge in [-0.05, 0) is 37.3 Å². The van der Waals surface area contributed by atoms with Gasteiger partial charge in [-0.3, -0.25) is 0 Å². The number of rotatable bonds is 8. The van der Waals surface area contributed by atoms with Crippen LogP contribution in [0.4, 0.5) is 0 Å². The number of nitrogens with one attached hydrogen (secondary N) is 1. The minimum atomic E-state index is -0.532. The molecule has 0 aromatic heterocycles. The molecule has 0 bridgehead atoms. The number of hydrogen-bond acceptors (Lipinski definition) is 2. The Hall–Kier alpha value is -0.860. The van der Waals surface area contributed by atoms with Crippen LogP contribution in [0, 0.1) is 0 Å². The highest BCUT2D eigenvalue weighted by Gasteiger charge is 2.21. The van der Waals surface area contributed by atoms with E-state index in [1.54, 1.807) is 0 Å². The summed E-state index contributed by atoms with van der Waals surface area (Å²) in [6, 6.07) is 10.6. The lowest BCUT2D eigenvalue weighted by Crippen LogP contribution is -2.40. The Morgan fingerprint density at radius 3 is 2.33 bits per heavy atom. The van der Waals surface area contributed by atoms with Gasteiger partial charge in [0.25, 0.3) is 0 Å². The predicted molar refractivity (Wildman–Crippen MR) is 77.9 cm³/mol. The van der Waals surface area contributed by atoms with Gasteiger partial charge in [-0.2, -0.15) is 0 Å². The van der Waals surface area contributed by atoms with Crippen LogP contribution >= 0.6 is 0 Å². The van der Waals surface area contributed by atoms with E-state index < -0.39 is 5.60 Å². The summed E-state index contributed by atoms with van der Waals surface area (Å²) in [5.74, 6) is 0.565. The first-order valence-corrected chi connectivity index (χ1v) is 7.09. The van der Waals surface area contributed by atoms with E-state index in [1.807, 2.05) is 13.8 Å². The molecule has 2 N–H and O–H groups in total. The second-order valence-corrected chi connectivity index (χ2v) is 5.21. The van der Waals surface area contributed by atoms with Crippen molar-refractivity contribution in [1.29, 1.82) is 0 Å². The van der Waals surface area contributed by atoms with Crippen molar-refractivity contribution in [3.63, 3.8) is 0 Å². The first-order chi connectivity index (χ1) is 8.61. The first kappa shape index (κ1) is 15.2. The minimum absolute atomic E-state index is 0.532. The van der Waals surface area contributed by atoms with E-state index in [9.17, 15) is 5.11 Å². The standard InChI is InChI=1S/C16H27NO/c1-4-16(18,5-2)13-17-12-11-14(3)15-9-7-6-8-10-15/h6-10,14,17-18H,4-5,11-13H2,1-3H3.